The molecular formula is C14H18BrNO3. The Morgan fingerprint density at radius 2 is 1.74 bits per heavy atom. The van der Waals surface area contributed by atoms with E-state index in [-0.39, 0.29) is 6.54 Å². The lowest BCUT2D eigenvalue weighted by Gasteiger charge is -2.19. The van der Waals surface area contributed by atoms with Gasteiger partial charge in [0.2, 0.25) is 5.78 Å². The number of carbonyl (C=O) groups excluding carboxylic acids is 2. The van der Waals surface area contributed by atoms with Crippen LogP contribution < -0.4 is 10.1 Å². The van der Waals surface area contributed by atoms with E-state index in [0.29, 0.717) is 0 Å². The molecule has 1 amide bonds. The second kappa shape index (κ2) is 6.19. The van der Waals surface area contributed by atoms with E-state index in [0.717, 1.165) is 32.5 Å². The van der Waals surface area contributed by atoms with E-state index in [9.17, 15) is 9.59 Å². The first-order valence-corrected chi connectivity index (χ1v) is 6.71. The van der Waals surface area contributed by atoms with E-state index in [4.69, 9.17) is 4.74 Å². The van der Waals surface area contributed by atoms with E-state index in [1.165, 1.54) is 6.92 Å². The average Bonchev–Trinajstić information content (AvgIpc) is 2.38. The monoisotopic (exact) mass is 327 g/mol. The normalized spacial score (nSPS) is 10.2. The van der Waals surface area contributed by atoms with E-state index >= 15 is 0 Å². The van der Waals surface area contributed by atoms with Crippen molar-refractivity contribution in [2.45, 2.75) is 34.2 Å². The van der Waals surface area contributed by atoms with Gasteiger partial charge in [0.25, 0.3) is 5.91 Å². The van der Waals surface area contributed by atoms with E-state index < -0.39 is 11.7 Å². The smallest absolute Gasteiger partial charge is 0.287 e. The Labute approximate surface area is 121 Å². The Morgan fingerprint density at radius 1 is 1.16 bits per heavy atom. The Balaban J connectivity index is 3.19. The Hall–Kier alpha value is -1.36. The van der Waals surface area contributed by atoms with Crippen LogP contribution in [-0.2, 0) is 16.1 Å². The first-order valence-electron chi connectivity index (χ1n) is 5.92. The summed E-state index contributed by atoms with van der Waals surface area (Å²) in [6.07, 6.45) is 0. The van der Waals surface area contributed by atoms with Crippen molar-refractivity contribution in [3.05, 3.63) is 26.7 Å². The zero-order valence-electron chi connectivity index (χ0n) is 11.8. The van der Waals surface area contributed by atoms with Gasteiger partial charge < -0.3 is 10.1 Å². The highest BCUT2D eigenvalue weighted by Crippen LogP contribution is 2.35. The first-order chi connectivity index (χ1) is 8.81. The summed E-state index contributed by atoms with van der Waals surface area (Å²) in [6.45, 7) is 7.44. The van der Waals surface area contributed by atoms with Gasteiger partial charge in [0, 0.05) is 23.5 Å². The summed E-state index contributed by atoms with van der Waals surface area (Å²) >= 11 is 3.54. The zero-order valence-corrected chi connectivity index (χ0v) is 13.4. The van der Waals surface area contributed by atoms with Crippen LogP contribution in [0.5, 0.6) is 5.75 Å². The van der Waals surface area contributed by atoms with Gasteiger partial charge in [-0.05, 0) is 37.5 Å². The van der Waals surface area contributed by atoms with Gasteiger partial charge in [-0.3, -0.25) is 9.59 Å². The Kier molecular flexibility index (Phi) is 5.11. The first kappa shape index (κ1) is 15.7. The van der Waals surface area contributed by atoms with E-state index in [1.807, 2.05) is 20.8 Å². The van der Waals surface area contributed by atoms with Crippen molar-refractivity contribution in [1.29, 1.82) is 0 Å². The molecule has 0 saturated heterocycles. The summed E-state index contributed by atoms with van der Waals surface area (Å²) in [5.41, 5.74) is 4.01. The van der Waals surface area contributed by atoms with Crippen LogP contribution in [0.3, 0.4) is 0 Å². The SMILES string of the molecule is COc1c(C)c(C)c(Br)c(C)c1CNC(=O)C(C)=O. The van der Waals surface area contributed by atoms with Gasteiger partial charge in [-0.15, -0.1) is 0 Å². The van der Waals surface area contributed by atoms with Crippen LogP contribution in [0, 0.1) is 20.8 Å². The zero-order chi connectivity index (χ0) is 14.7. The van der Waals surface area contributed by atoms with Gasteiger partial charge in [-0.25, -0.2) is 0 Å². The summed E-state index contributed by atoms with van der Waals surface area (Å²) in [5.74, 6) is -0.336. The average molecular weight is 328 g/mol. The molecule has 0 radical (unpaired) electrons. The second-order valence-electron chi connectivity index (χ2n) is 4.44. The molecule has 4 nitrogen and oxygen atoms in total. The number of ketones is 1. The van der Waals surface area contributed by atoms with Gasteiger partial charge in [-0.1, -0.05) is 15.9 Å². The lowest BCUT2D eigenvalue weighted by atomic mass is 9.99. The number of methoxy groups -OCH3 is 1. The van der Waals surface area contributed by atoms with Crippen molar-refractivity contribution < 1.29 is 14.3 Å². The molecule has 0 aliphatic carbocycles. The van der Waals surface area contributed by atoms with Crippen LogP contribution in [0.15, 0.2) is 4.47 Å². The van der Waals surface area contributed by atoms with Crippen molar-refractivity contribution in [1.82, 2.24) is 5.32 Å². The highest BCUT2D eigenvalue weighted by Gasteiger charge is 2.17. The maximum Gasteiger partial charge on any atom is 0.287 e. The number of hydrogen-bond acceptors (Lipinski definition) is 3. The summed E-state index contributed by atoms with van der Waals surface area (Å²) in [7, 11) is 1.60. The van der Waals surface area contributed by atoms with Crippen LogP contribution in [0.25, 0.3) is 0 Å². The summed E-state index contributed by atoms with van der Waals surface area (Å²) in [4.78, 5) is 22.3. The molecule has 0 aromatic heterocycles. The molecule has 0 atom stereocenters. The van der Waals surface area contributed by atoms with Crippen molar-refractivity contribution >= 4 is 27.6 Å². The molecule has 1 N–H and O–H groups in total. The number of amides is 1. The molecule has 5 heteroatoms. The number of ether oxygens (including phenoxy) is 1. The van der Waals surface area contributed by atoms with Crippen LogP contribution in [-0.4, -0.2) is 18.8 Å². The Bertz CT molecular complexity index is 538. The topological polar surface area (TPSA) is 55.4 Å². The molecule has 0 heterocycles. The highest BCUT2D eigenvalue weighted by atomic mass is 79.9. The van der Waals surface area contributed by atoms with Gasteiger partial charge in [-0.2, -0.15) is 0 Å². The van der Waals surface area contributed by atoms with Crippen molar-refractivity contribution in [2.75, 3.05) is 7.11 Å². The molecule has 0 fully saturated rings. The van der Waals surface area contributed by atoms with Gasteiger partial charge >= 0.3 is 0 Å². The lowest BCUT2D eigenvalue weighted by Crippen LogP contribution is -2.29. The van der Waals surface area contributed by atoms with Gasteiger partial charge in [0.05, 0.1) is 7.11 Å². The standard InChI is InChI=1S/C14H18BrNO3/c1-7-8(2)13(19-5)11(9(3)12(7)15)6-16-14(18)10(4)17/h6H2,1-5H3,(H,16,18). The minimum absolute atomic E-state index is 0.271. The van der Waals surface area contributed by atoms with Crippen LogP contribution >= 0.6 is 15.9 Å². The summed E-state index contributed by atoms with van der Waals surface area (Å²) < 4.78 is 6.43. The molecule has 104 valence electrons. The maximum absolute atomic E-state index is 11.4. The largest absolute Gasteiger partial charge is 0.496 e. The molecule has 0 aliphatic rings. The number of Topliss-reactive ketones (excluding diaryl/α,β-unsaturated/α-hetero) is 1. The predicted molar refractivity (Wildman–Crippen MR) is 77.4 cm³/mol. The number of rotatable bonds is 4. The van der Waals surface area contributed by atoms with Crippen molar-refractivity contribution in [3.8, 4) is 5.75 Å². The molecule has 0 bridgehead atoms. The quantitative estimate of drug-likeness (QED) is 0.865. The van der Waals surface area contributed by atoms with E-state index in [2.05, 4.69) is 21.2 Å². The highest BCUT2D eigenvalue weighted by molar-refractivity contribution is 9.10. The third-order valence-electron chi connectivity index (χ3n) is 3.24. The molecule has 1 aromatic carbocycles. The van der Waals surface area contributed by atoms with Crippen molar-refractivity contribution in [3.63, 3.8) is 0 Å². The molecule has 0 saturated carbocycles. The van der Waals surface area contributed by atoms with Crippen LogP contribution in [0.1, 0.15) is 29.2 Å². The Morgan fingerprint density at radius 3 is 2.21 bits per heavy atom. The number of benzene rings is 1. The number of nitrogens with one attached hydrogen (secondary N) is 1. The molecule has 1 rings (SSSR count). The fourth-order valence-corrected chi connectivity index (χ4v) is 2.46. The molecule has 0 unspecified atom stereocenters. The van der Waals surface area contributed by atoms with E-state index in [1.54, 1.807) is 7.11 Å². The fraction of sp³-hybridized carbons (Fsp3) is 0.429. The number of halogens is 1. The van der Waals surface area contributed by atoms with Crippen molar-refractivity contribution in [2.24, 2.45) is 0 Å². The van der Waals surface area contributed by atoms with Gasteiger partial charge in [0.15, 0.2) is 0 Å². The molecule has 19 heavy (non-hydrogen) atoms. The van der Waals surface area contributed by atoms with Gasteiger partial charge in [0.1, 0.15) is 5.75 Å². The molecule has 0 spiro atoms. The minimum atomic E-state index is -0.587. The summed E-state index contributed by atoms with van der Waals surface area (Å²) in [6, 6.07) is 0. The number of hydrogen-bond donors (Lipinski definition) is 1. The predicted octanol–water partition coefficient (Wildman–Crippen LogP) is 2.59. The number of carbonyl (C=O) groups is 2. The minimum Gasteiger partial charge on any atom is -0.496 e. The third-order valence-corrected chi connectivity index (χ3v) is 4.43. The molecule has 0 aliphatic heterocycles. The van der Waals surface area contributed by atoms with Crippen LogP contribution in [0.4, 0.5) is 0 Å². The molecule has 1 aromatic rings. The maximum atomic E-state index is 11.4. The summed E-state index contributed by atoms with van der Waals surface area (Å²) in [5, 5.41) is 2.60. The lowest BCUT2D eigenvalue weighted by molar-refractivity contribution is -0.136. The fourth-order valence-electron chi connectivity index (χ4n) is 1.93. The second-order valence-corrected chi connectivity index (χ2v) is 5.23. The van der Waals surface area contributed by atoms with Crippen LogP contribution in [0.2, 0.25) is 0 Å². The molecular weight excluding hydrogens is 310 g/mol. The third kappa shape index (κ3) is 3.15.